The van der Waals surface area contributed by atoms with Crippen LogP contribution in [0.5, 0.6) is 23.0 Å². The van der Waals surface area contributed by atoms with Crippen LogP contribution in [0.4, 0.5) is 0 Å². The summed E-state index contributed by atoms with van der Waals surface area (Å²) in [4.78, 5) is 25.4. The monoisotopic (exact) mass is 516 g/mol. The number of aromatic hydroxyl groups is 1. The second-order valence-corrected chi connectivity index (χ2v) is 9.03. The van der Waals surface area contributed by atoms with Crippen molar-refractivity contribution >= 4 is 16.9 Å². The molecule has 1 aromatic heterocycles. The zero-order valence-electron chi connectivity index (χ0n) is 21.2. The number of ether oxygens (including phenoxy) is 4. The highest BCUT2D eigenvalue weighted by atomic mass is 16.5. The quantitative estimate of drug-likeness (QED) is 0.251. The molecule has 0 saturated carbocycles. The second-order valence-electron chi connectivity index (χ2n) is 9.03. The van der Waals surface area contributed by atoms with Gasteiger partial charge in [-0.2, -0.15) is 0 Å². The molecule has 0 amide bonds. The average molecular weight is 517 g/mol. The lowest BCUT2D eigenvalue weighted by molar-refractivity contribution is -0.140. The van der Waals surface area contributed by atoms with Crippen molar-refractivity contribution in [3.05, 3.63) is 93.3 Å². The van der Waals surface area contributed by atoms with Crippen molar-refractivity contribution in [2.45, 2.75) is 25.2 Å². The molecule has 196 valence electrons. The maximum atomic E-state index is 13.0. The van der Waals surface area contributed by atoms with Gasteiger partial charge in [-0.05, 0) is 47.0 Å². The minimum atomic E-state index is -0.840. The fraction of sp³-hybridized carbons (Fsp3) is 0.267. The molecule has 4 aromatic rings. The first-order valence-electron chi connectivity index (χ1n) is 12.4. The van der Waals surface area contributed by atoms with Crippen LogP contribution < -0.4 is 19.8 Å². The van der Waals surface area contributed by atoms with Gasteiger partial charge in [0, 0.05) is 18.8 Å². The molecule has 0 saturated heterocycles. The summed E-state index contributed by atoms with van der Waals surface area (Å²) in [6, 6.07) is 18.0. The van der Waals surface area contributed by atoms with Gasteiger partial charge in [-0.25, -0.2) is 4.79 Å². The molecule has 0 radical (unpaired) electrons. The number of carbonyl (C=O) groups excluding carboxylic acids is 1. The van der Waals surface area contributed by atoms with E-state index in [-0.39, 0.29) is 23.3 Å². The molecule has 1 N–H and O–H groups in total. The van der Waals surface area contributed by atoms with Gasteiger partial charge in [0.15, 0.2) is 11.5 Å². The third-order valence-corrected chi connectivity index (χ3v) is 6.76. The van der Waals surface area contributed by atoms with Crippen molar-refractivity contribution in [1.82, 2.24) is 0 Å². The molecule has 0 bridgehead atoms. The molecule has 0 aliphatic carbocycles. The zero-order valence-corrected chi connectivity index (χ0v) is 21.2. The van der Waals surface area contributed by atoms with Gasteiger partial charge in [0.1, 0.15) is 17.1 Å². The summed E-state index contributed by atoms with van der Waals surface area (Å²) in [5.41, 5.74) is 2.40. The lowest BCUT2D eigenvalue weighted by Crippen LogP contribution is -2.18. The molecule has 1 aliphatic rings. The van der Waals surface area contributed by atoms with Crippen molar-refractivity contribution in [2.75, 3.05) is 27.4 Å². The predicted octanol–water partition coefficient (Wildman–Crippen LogP) is 4.76. The summed E-state index contributed by atoms with van der Waals surface area (Å²) < 4.78 is 27.5. The Morgan fingerprint density at radius 2 is 1.89 bits per heavy atom. The van der Waals surface area contributed by atoms with Crippen molar-refractivity contribution in [2.24, 2.45) is 0 Å². The molecule has 38 heavy (non-hydrogen) atoms. The Kier molecular flexibility index (Phi) is 7.22. The van der Waals surface area contributed by atoms with E-state index in [2.05, 4.69) is 6.07 Å². The summed E-state index contributed by atoms with van der Waals surface area (Å²) in [5, 5.41) is 11.5. The van der Waals surface area contributed by atoms with E-state index in [0.29, 0.717) is 42.1 Å². The van der Waals surface area contributed by atoms with Gasteiger partial charge in [0.05, 0.1) is 44.8 Å². The number of hydrogen-bond acceptors (Lipinski definition) is 8. The number of para-hydroxylation sites is 1. The molecule has 2 heterocycles. The summed E-state index contributed by atoms with van der Waals surface area (Å²) >= 11 is 0. The van der Waals surface area contributed by atoms with Crippen LogP contribution in [0.1, 0.15) is 34.6 Å². The fourth-order valence-corrected chi connectivity index (χ4v) is 4.79. The first kappa shape index (κ1) is 25.2. The van der Waals surface area contributed by atoms with Gasteiger partial charge < -0.3 is 28.5 Å². The van der Waals surface area contributed by atoms with Crippen LogP contribution in [0.2, 0.25) is 0 Å². The molecule has 8 nitrogen and oxygen atoms in total. The smallest absolute Gasteiger partial charge is 0.343 e. The standard InChI is InChI=1S/C30H28O8/c1-34-25-10-8-19(16-26(25)37-13-11-18-7-9-23-20(15-18)12-14-36-23)22(17-27(31)35-2)28-29(32)21-5-3-4-6-24(21)38-30(28)33/h3-10,15-16,22,32H,11-14,17H2,1-2H3. The van der Waals surface area contributed by atoms with Gasteiger partial charge in [-0.1, -0.05) is 30.3 Å². The highest BCUT2D eigenvalue weighted by Gasteiger charge is 2.28. The maximum Gasteiger partial charge on any atom is 0.343 e. The van der Waals surface area contributed by atoms with Crippen LogP contribution in [0.15, 0.2) is 69.9 Å². The Labute approximate surface area is 219 Å². The molecular weight excluding hydrogens is 488 g/mol. The van der Waals surface area contributed by atoms with Crippen LogP contribution in [0.25, 0.3) is 11.0 Å². The van der Waals surface area contributed by atoms with E-state index < -0.39 is 17.5 Å². The van der Waals surface area contributed by atoms with E-state index in [1.807, 2.05) is 12.1 Å². The topological polar surface area (TPSA) is 104 Å². The fourth-order valence-electron chi connectivity index (χ4n) is 4.79. The van der Waals surface area contributed by atoms with E-state index in [1.54, 1.807) is 42.5 Å². The highest BCUT2D eigenvalue weighted by Crippen LogP contribution is 2.39. The molecule has 1 unspecified atom stereocenters. The van der Waals surface area contributed by atoms with E-state index >= 15 is 0 Å². The number of carbonyl (C=O) groups is 1. The van der Waals surface area contributed by atoms with Gasteiger partial charge >= 0.3 is 11.6 Å². The van der Waals surface area contributed by atoms with Gasteiger partial charge in [-0.3, -0.25) is 4.79 Å². The molecule has 8 heteroatoms. The van der Waals surface area contributed by atoms with Crippen LogP contribution in [-0.2, 0) is 22.4 Å². The van der Waals surface area contributed by atoms with Gasteiger partial charge in [0.25, 0.3) is 0 Å². The molecule has 0 spiro atoms. The minimum Gasteiger partial charge on any atom is -0.507 e. The lowest BCUT2D eigenvalue weighted by Gasteiger charge is -2.19. The number of esters is 1. The third kappa shape index (κ3) is 5.02. The average Bonchev–Trinajstić information content (AvgIpc) is 3.40. The van der Waals surface area contributed by atoms with Crippen LogP contribution >= 0.6 is 0 Å². The molecule has 5 rings (SSSR count). The molecule has 3 aromatic carbocycles. The largest absolute Gasteiger partial charge is 0.507 e. The van der Waals surface area contributed by atoms with Crippen molar-refractivity contribution < 1.29 is 33.3 Å². The van der Waals surface area contributed by atoms with Crippen molar-refractivity contribution in [3.8, 4) is 23.0 Å². The SMILES string of the molecule is COC(=O)CC(c1ccc(OC)c(OCCc2ccc3c(c2)CCO3)c1)c1c(O)c2ccccc2oc1=O. The number of methoxy groups -OCH3 is 2. The Balaban J connectivity index is 1.46. The Morgan fingerprint density at radius 1 is 1.05 bits per heavy atom. The van der Waals surface area contributed by atoms with E-state index in [1.165, 1.54) is 19.8 Å². The van der Waals surface area contributed by atoms with Crippen LogP contribution in [-0.4, -0.2) is 38.5 Å². The summed E-state index contributed by atoms with van der Waals surface area (Å²) in [7, 11) is 2.81. The number of hydrogen-bond donors (Lipinski definition) is 1. The Hall–Kier alpha value is -4.46. The highest BCUT2D eigenvalue weighted by molar-refractivity contribution is 5.84. The zero-order chi connectivity index (χ0) is 26.6. The molecule has 1 aliphatic heterocycles. The Morgan fingerprint density at radius 3 is 2.71 bits per heavy atom. The summed E-state index contributed by atoms with van der Waals surface area (Å²) in [5.74, 6) is 0.276. The third-order valence-electron chi connectivity index (χ3n) is 6.76. The van der Waals surface area contributed by atoms with Crippen LogP contribution in [0.3, 0.4) is 0 Å². The van der Waals surface area contributed by atoms with Crippen LogP contribution in [0, 0.1) is 0 Å². The molecular formula is C30H28O8. The number of benzene rings is 3. The predicted molar refractivity (Wildman–Crippen MR) is 140 cm³/mol. The van der Waals surface area contributed by atoms with Gasteiger partial charge in [-0.15, -0.1) is 0 Å². The van der Waals surface area contributed by atoms with E-state index in [9.17, 15) is 14.7 Å². The molecule has 0 fully saturated rings. The second kappa shape index (κ2) is 10.9. The van der Waals surface area contributed by atoms with E-state index in [4.69, 9.17) is 23.4 Å². The van der Waals surface area contributed by atoms with Crippen molar-refractivity contribution in [1.29, 1.82) is 0 Å². The number of rotatable bonds is 9. The van der Waals surface area contributed by atoms with Crippen molar-refractivity contribution in [3.63, 3.8) is 0 Å². The lowest BCUT2D eigenvalue weighted by atomic mass is 9.88. The summed E-state index contributed by atoms with van der Waals surface area (Å²) in [6.45, 7) is 1.08. The molecule has 1 atom stereocenters. The maximum absolute atomic E-state index is 13.0. The van der Waals surface area contributed by atoms with E-state index in [0.717, 1.165) is 17.7 Å². The normalized spacial score (nSPS) is 13.0. The minimum absolute atomic E-state index is 0.0226. The summed E-state index contributed by atoms with van der Waals surface area (Å²) in [6.07, 6.45) is 1.38. The first-order valence-corrected chi connectivity index (χ1v) is 12.4. The Bertz CT molecular complexity index is 1540. The van der Waals surface area contributed by atoms with Gasteiger partial charge in [0.2, 0.25) is 0 Å². The number of fused-ring (bicyclic) bond motifs is 2. The first-order chi connectivity index (χ1) is 18.5.